The van der Waals surface area contributed by atoms with E-state index in [0.29, 0.717) is 0 Å². The van der Waals surface area contributed by atoms with Crippen molar-refractivity contribution in [2.45, 2.75) is 6.92 Å². The van der Waals surface area contributed by atoms with Crippen molar-refractivity contribution >= 4 is 17.4 Å². The number of nitrogens with zero attached hydrogens (tertiary/aromatic N) is 1. The van der Waals surface area contributed by atoms with Crippen LogP contribution in [0.25, 0.3) is 0 Å². The van der Waals surface area contributed by atoms with E-state index in [1.807, 2.05) is 0 Å². The highest BCUT2D eigenvalue weighted by Gasteiger charge is 2.17. The molecule has 1 N–H and O–H groups in total. The van der Waals surface area contributed by atoms with E-state index in [2.05, 4.69) is 0 Å². The second-order valence-electron chi connectivity index (χ2n) is 2.88. The molecule has 0 fully saturated rings. The number of benzene rings is 1. The molecule has 0 amide bonds. The average Bonchev–Trinajstić information content (AvgIpc) is 2.18. The van der Waals surface area contributed by atoms with Crippen LogP contribution in [0.1, 0.15) is 17.3 Å². The molecule has 4 heteroatoms. The SMILES string of the molecule is C/C(O)=C(\C#N)C(=O)c1ccccc1Cl. The predicted molar refractivity (Wildman–Crippen MR) is 56.7 cm³/mol. The van der Waals surface area contributed by atoms with Gasteiger partial charge < -0.3 is 5.11 Å². The molecule has 1 aromatic carbocycles. The van der Waals surface area contributed by atoms with E-state index < -0.39 is 5.78 Å². The number of aliphatic hydroxyl groups excluding tert-OH is 1. The van der Waals surface area contributed by atoms with E-state index in [0.717, 1.165) is 0 Å². The highest BCUT2D eigenvalue weighted by Crippen LogP contribution is 2.19. The average molecular weight is 222 g/mol. The first-order chi connectivity index (χ1) is 7.07. The fourth-order valence-electron chi connectivity index (χ4n) is 1.08. The molecule has 76 valence electrons. The van der Waals surface area contributed by atoms with Crippen molar-refractivity contribution in [3.8, 4) is 6.07 Å². The Kier molecular flexibility index (Phi) is 3.48. The van der Waals surface area contributed by atoms with Crippen molar-refractivity contribution in [1.29, 1.82) is 5.26 Å². The van der Waals surface area contributed by atoms with Gasteiger partial charge in [0.2, 0.25) is 5.78 Å². The monoisotopic (exact) mass is 221 g/mol. The molecule has 0 heterocycles. The summed E-state index contributed by atoms with van der Waals surface area (Å²) >= 11 is 5.79. The molecule has 0 unspecified atom stereocenters. The van der Waals surface area contributed by atoms with Gasteiger partial charge in [0.1, 0.15) is 17.4 Å². The van der Waals surface area contributed by atoms with Crippen LogP contribution >= 0.6 is 11.6 Å². The van der Waals surface area contributed by atoms with Crippen LogP contribution in [0.4, 0.5) is 0 Å². The summed E-state index contributed by atoms with van der Waals surface area (Å²) in [6.07, 6.45) is 0. The summed E-state index contributed by atoms with van der Waals surface area (Å²) < 4.78 is 0. The lowest BCUT2D eigenvalue weighted by molar-refractivity contribution is 0.103. The maximum absolute atomic E-state index is 11.7. The largest absolute Gasteiger partial charge is 0.511 e. The Morgan fingerprint density at radius 1 is 1.47 bits per heavy atom. The zero-order valence-electron chi connectivity index (χ0n) is 7.99. The van der Waals surface area contributed by atoms with Crippen molar-refractivity contribution in [3.05, 3.63) is 46.2 Å². The molecular weight excluding hydrogens is 214 g/mol. The summed E-state index contributed by atoms with van der Waals surface area (Å²) in [5.74, 6) is -0.870. The fraction of sp³-hybridized carbons (Fsp3) is 0.0909. The van der Waals surface area contributed by atoms with Crippen molar-refractivity contribution in [2.75, 3.05) is 0 Å². The number of aliphatic hydroxyl groups is 1. The van der Waals surface area contributed by atoms with Gasteiger partial charge >= 0.3 is 0 Å². The molecule has 0 spiro atoms. The summed E-state index contributed by atoms with van der Waals surface area (Å²) in [5.41, 5.74) is -0.0767. The third-order valence-electron chi connectivity index (χ3n) is 1.82. The van der Waals surface area contributed by atoms with E-state index in [9.17, 15) is 4.79 Å². The summed E-state index contributed by atoms with van der Waals surface area (Å²) in [6.45, 7) is 1.29. The van der Waals surface area contributed by atoms with Crippen molar-refractivity contribution in [2.24, 2.45) is 0 Å². The molecule has 0 aromatic heterocycles. The van der Waals surface area contributed by atoms with Gasteiger partial charge in [-0.2, -0.15) is 5.26 Å². The Morgan fingerprint density at radius 3 is 2.53 bits per heavy atom. The predicted octanol–water partition coefficient (Wildman–Crippen LogP) is 2.88. The van der Waals surface area contributed by atoms with Crippen LogP contribution in [-0.4, -0.2) is 10.9 Å². The molecule has 0 bridgehead atoms. The zero-order valence-corrected chi connectivity index (χ0v) is 8.75. The summed E-state index contributed by atoms with van der Waals surface area (Å²) in [5, 5.41) is 18.1. The van der Waals surface area contributed by atoms with E-state index >= 15 is 0 Å². The minimum Gasteiger partial charge on any atom is -0.511 e. The number of halogens is 1. The van der Waals surface area contributed by atoms with Crippen LogP contribution in [0.15, 0.2) is 35.6 Å². The van der Waals surface area contributed by atoms with Gasteiger partial charge in [-0.1, -0.05) is 23.7 Å². The van der Waals surface area contributed by atoms with Crippen LogP contribution in [0, 0.1) is 11.3 Å². The van der Waals surface area contributed by atoms with E-state index in [1.54, 1.807) is 24.3 Å². The maximum atomic E-state index is 11.7. The molecule has 0 aliphatic carbocycles. The van der Waals surface area contributed by atoms with Gasteiger partial charge in [0.05, 0.1) is 5.02 Å². The summed E-state index contributed by atoms with van der Waals surface area (Å²) in [7, 11) is 0. The van der Waals surface area contributed by atoms with E-state index in [1.165, 1.54) is 13.0 Å². The molecule has 0 saturated carbocycles. The number of nitriles is 1. The van der Waals surface area contributed by atoms with Gasteiger partial charge in [-0.15, -0.1) is 0 Å². The van der Waals surface area contributed by atoms with Gasteiger partial charge in [0, 0.05) is 5.56 Å². The molecule has 0 radical (unpaired) electrons. The second-order valence-corrected chi connectivity index (χ2v) is 3.29. The van der Waals surface area contributed by atoms with Crippen molar-refractivity contribution < 1.29 is 9.90 Å². The first-order valence-corrected chi connectivity index (χ1v) is 4.55. The number of allylic oxidation sites excluding steroid dienone is 2. The topological polar surface area (TPSA) is 61.1 Å². The van der Waals surface area contributed by atoms with Crippen LogP contribution in [0.2, 0.25) is 5.02 Å². The van der Waals surface area contributed by atoms with Crippen LogP contribution in [0.5, 0.6) is 0 Å². The standard InChI is InChI=1S/C11H8ClNO2/c1-7(14)9(6-13)11(15)8-4-2-3-5-10(8)12/h2-5,14H,1H3/b9-7-. The van der Waals surface area contributed by atoms with Gasteiger partial charge in [-0.05, 0) is 19.1 Å². The normalized spacial score (nSPS) is 11.5. The smallest absolute Gasteiger partial charge is 0.208 e. The molecule has 0 atom stereocenters. The number of carbonyl (C=O) groups excluding carboxylic acids is 1. The van der Waals surface area contributed by atoms with Crippen LogP contribution in [-0.2, 0) is 0 Å². The molecule has 15 heavy (non-hydrogen) atoms. The lowest BCUT2D eigenvalue weighted by atomic mass is 10.0. The van der Waals surface area contributed by atoms with Crippen molar-refractivity contribution in [3.63, 3.8) is 0 Å². The number of ketones is 1. The lowest BCUT2D eigenvalue weighted by Crippen LogP contribution is -2.04. The number of carbonyl (C=O) groups is 1. The van der Waals surface area contributed by atoms with Crippen LogP contribution < -0.4 is 0 Å². The Labute approximate surface area is 92.2 Å². The molecule has 1 rings (SSSR count). The zero-order chi connectivity index (χ0) is 11.4. The second kappa shape index (κ2) is 4.63. The van der Waals surface area contributed by atoms with Crippen LogP contribution in [0.3, 0.4) is 0 Å². The van der Waals surface area contributed by atoms with Gasteiger partial charge in [0.25, 0.3) is 0 Å². The van der Waals surface area contributed by atoms with E-state index in [4.69, 9.17) is 22.0 Å². The third-order valence-corrected chi connectivity index (χ3v) is 2.15. The Bertz CT molecular complexity index is 468. The highest BCUT2D eigenvalue weighted by molar-refractivity contribution is 6.35. The summed E-state index contributed by atoms with van der Waals surface area (Å²) in [6, 6.07) is 8.03. The Hall–Kier alpha value is -1.79. The molecular formula is C11H8ClNO2. The number of hydrogen-bond donors (Lipinski definition) is 1. The van der Waals surface area contributed by atoms with Gasteiger partial charge in [-0.25, -0.2) is 0 Å². The van der Waals surface area contributed by atoms with E-state index in [-0.39, 0.29) is 21.9 Å². The Morgan fingerprint density at radius 2 is 2.07 bits per heavy atom. The highest BCUT2D eigenvalue weighted by atomic mass is 35.5. The molecule has 3 nitrogen and oxygen atoms in total. The first-order valence-electron chi connectivity index (χ1n) is 4.17. The van der Waals surface area contributed by atoms with Crippen molar-refractivity contribution in [1.82, 2.24) is 0 Å². The summed E-state index contributed by atoms with van der Waals surface area (Å²) in [4.78, 5) is 11.7. The molecule has 0 aliphatic rings. The minimum atomic E-state index is -0.567. The van der Waals surface area contributed by atoms with Gasteiger partial charge in [-0.3, -0.25) is 4.79 Å². The number of rotatable bonds is 2. The lowest BCUT2D eigenvalue weighted by Gasteiger charge is -2.02. The number of hydrogen-bond acceptors (Lipinski definition) is 3. The molecule has 0 aliphatic heterocycles. The molecule has 0 saturated heterocycles. The third kappa shape index (κ3) is 2.36. The first kappa shape index (κ1) is 11.3. The minimum absolute atomic E-state index is 0.212. The quantitative estimate of drug-likeness (QED) is 0.362. The van der Waals surface area contributed by atoms with Gasteiger partial charge in [0.15, 0.2) is 0 Å². The Balaban J connectivity index is 3.23. The number of Topliss-reactive ketones (excluding diaryl/α,β-unsaturated/α-hetero) is 1. The maximum Gasteiger partial charge on any atom is 0.208 e. The fourth-order valence-corrected chi connectivity index (χ4v) is 1.30. The molecule has 1 aromatic rings.